The van der Waals surface area contributed by atoms with Crippen molar-refractivity contribution in [1.29, 1.82) is 0 Å². The number of hydrogen-bond donors (Lipinski definition) is 2. The number of hydrogen-bond acceptors (Lipinski definition) is 4. The van der Waals surface area contributed by atoms with E-state index in [4.69, 9.17) is 33.7 Å². The summed E-state index contributed by atoms with van der Waals surface area (Å²) in [7, 11) is 0. The van der Waals surface area contributed by atoms with Gasteiger partial charge in [-0.25, -0.2) is 4.79 Å². The Kier molecular flexibility index (Phi) is 6.06. The number of carbonyl (C=O) groups is 2. The molecule has 0 aromatic heterocycles. The van der Waals surface area contributed by atoms with Crippen LogP contribution >= 0.6 is 23.2 Å². The van der Waals surface area contributed by atoms with Gasteiger partial charge < -0.3 is 15.8 Å². The number of halogens is 2. The van der Waals surface area contributed by atoms with Gasteiger partial charge in [-0.05, 0) is 36.8 Å². The number of nitrogen functional groups attached to an aromatic ring is 1. The highest BCUT2D eigenvalue weighted by Gasteiger charge is 2.16. The molecule has 3 N–H and O–H groups in total. The van der Waals surface area contributed by atoms with E-state index in [1.807, 2.05) is 12.1 Å². The maximum Gasteiger partial charge on any atom is 0.340 e. The third-order valence-corrected chi connectivity index (χ3v) is 3.90. The van der Waals surface area contributed by atoms with E-state index in [0.29, 0.717) is 10.0 Å². The molecule has 5 nitrogen and oxygen atoms in total. The molecule has 7 heteroatoms. The van der Waals surface area contributed by atoms with E-state index in [1.165, 1.54) is 12.1 Å². The molecule has 0 aliphatic carbocycles. The van der Waals surface area contributed by atoms with E-state index in [1.54, 1.807) is 25.1 Å². The van der Waals surface area contributed by atoms with Gasteiger partial charge in [0.15, 0.2) is 6.61 Å². The van der Waals surface area contributed by atoms with E-state index < -0.39 is 18.5 Å². The van der Waals surface area contributed by atoms with Gasteiger partial charge in [0.25, 0.3) is 5.91 Å². The number of nitrogens with two attached hydrogens (primary N) is 1. The first-order valence-corrected chi connectivity index (χ1v) is 7.90. The molecule has 0 aliphatic rings. The van der Waals surface area contributed by atoms with Crippen molar-refractivity contribution in [2.45, 2.75) is 13.0 Å². The number of nitrogens with one attached hydrogen (secondary N) is 1. The van der Waals surface area contributed by atoms with Gasteiger partial charge in [0.2, 0.25) is 0 Å². The van der Waals surface area contributed by atoms with E-state index in [2.05, 4.69) is 5.32 Å². The zero-order chi connectivity index (χ0) is 17.7. The van der Waals surface area contributed by atoms with E-state index in [9.17, 15) is 9.59 Å². The van der Waals surface area contributed by atoms with Crippen LogP contribution in [0.5, 0.6) is 0 Å². The van der Waals surface area contributed by atoms with Crippen LogP contribution in [0.15, 0.2) is 42.5 Å². The van der Waals surface area contributed by atoms with Gasteiger partial charge >= 0.3 is 5.97 Å². The van der Waals surface area contributed by atoms with Gasteiger partial charge in [-0.15, -0.1) is 0 Å². The van der Waals surface area contributed by atoms with Crippen LogP contribution in [0.1, 0.15) is 28.9 Å². The molecular weight excluding hydrogens is 351 g/mol. The zero-order valence-electron chi connectivity index (χ0n) is 12.9. The van der Waals surface area contributed by atoms with Crippen LogP contribution in [0.25, 0.3) is 0 Å². The summed E-state index contributed by atoms with van der Waals surface area (Å²) in [5.41, 5.74) is 6.82. The highest BCUT2D eigenvalue weighted by atomic mass is 35.5. The largest absolute Gasteiger partial charge is 0.452 e. The fourth-order valence-corrected chi connectivity index (χ4v) is 2.57. The Balaban J connectivity index is 1.92. The van der Waals surface area contributed by atoms with E-state index in [0.717, 1.165) is 5.56 Å². The number of esters is 1. The molecule has 2 aromatic carbocycles. The minimum absolute atomic E-state index is 0.120. The maximum absolute atomic E-state index is 12.0. The second-order valence-corrected chi connectivity index (χ2v) is 5.96. The lowest BCUT2D eigenvalue weighted by atomic mass is 10.1. The average molecular weight is 367 g/mol. The molecule has 0 unspecified atom stereocenters. The van der Waals surface area contributed by atoms with Crippen molar-refractivity contribution in [3.05, 3.63) is 63.6 Å². The van der Waals surface area contributed by atoms with Crippen molar-refractivity contribution in [2.24, 2.45) is 0 Å². The lowest BCUT2D eigenvalue weighted by molar-refractivity contribution is -0.124. The molecule has 0 bridgehead atoms. The zero-order valence-corrected chi connectivity index (χ0v) is 14.4. The van der Waals surface area contributed by atoms with Crippen LogP contribution in [-0.2, 0) is 9.53 Å². The number of rotatable bonds is 5. The van der Waals surface area contributed by atoms with Gasteiger partial charge in [0.1, 0.15) is 0 Å². The molecule has 126 valence electrons. The van der Waals surface area contributed by atoms with E-state index >= 15 is 0 Å². The molecule has 1 atom stereocenters. The smallest absolute Gasteiger partial charge is 0.340 e. The van der Waals surface area contributed by atoms with Crippen LogP contribution < -0.4 is 11.1 Å². The molecule has 24 heavy (non-hydrogen) atoms. The predicted octanol–water partition coefficient (Wildman–Crippen LogP) is 3.61. The van der Waals surface area contributed by atoms with Crippen LogP contribution in [0.4, 0.5) is 5.69 Å². The monoisotopic (exact) mass is 366 g/mol. The Bertz CT molecular complexity index is 765. The quantitative estimate of drug-likeness (QED) is 0.625. The number of carbonyl (C=O) groups excluding carboxylic acids is 2. The van der Waals surface area contributed by atoms with Gasteiger partial charge in [-0.3, -0.25) is 4.79 Å². The van der Waals surface area contributed by atoms with Crippen LogP contribution in [0.3, 0.4) is 0 Å². The number of amides is 1. The second-order valence-electron chi connectivity index (χ2n) is 5.12. The summed E-state index contributed by atoms with van der Waals surface area (Å²) in [6.07, 6.45) is 0. The van der Waals surface area contributed by atoms with Crippen molar-refractivity contribution < 1.29 is 14.3 Å². The highest BCUT2D eigenvalue weighted by molar-refractivity contribution is 6.31. The van der Waals surface area contributed by atoms with Crippen molar-refractivity contribution in [3.63, 3.8) is 0 Å². The normalized spacial score (nSPS) is 11.6. The molecule has 0 radical (unpaired) electrons. The molecule has 2 rings (SSSR count). The van der Waals surface area contributed by atoms with Gasteiger partial charge in [-0.2, -0.15) is 0 Å². The number of ether oxygens (including phenoxy) is 1. The molecule has 1 amide bonds. The highest BCUT2D eigenvalue weighted by Crippen LogP contribution is 2.22. The summed E-state index contributed by atoms with van der Waals surface area (Å²) < 4.78 is 4.97. The average Bonchev–Trinajstić information content (AvgIpc) is 2.55. The summed E-state index contributed by atoms with van der Waals surface area (Å²) in [5.74, 6) is -1.16. The first-order chi connectivity index (χ1) is 11.4. The molecule has 0 spiro atoms. The Hall–Kier alpha value is -2.24. The van der Waals surface area contributed by atoms with Gasteiger partial charge in [-0.1, -0.05) is 41.4 Å². The first kappa shape index (κ1) is 18.1. The van der Waals surface area contributed by atoms with Crippen molar-refractivity contribution in [2.75, 3.05) is 12.3 Å². The standard InChI is InChI=1S/C17H16Cl2N2O3/c1-10(12-4-2-3-5-14(12)19)21-16(22)9-24-17(23)13-8-11(18)6-7-15(13)20/h2-8,10H,9,20H2,1H3,(H,21,22)/t10-/m1/s1. The topological polar surface area (TPSA) is 81.4 Å². The minimum Gasteiger partial charge on any atom is -0.452 e. The SMILES string of the molecule is C[C@@H](NC(=O)COC(=O)c1cc(Cl)ccc1N)c1ccccc1Cl. The van der Waals surface area contributed by atoms with Crippen molar-refractivity contribution >= 4 is 40.8 Å². The number of benzene rings is 2. The Morgan fingerprint density at radius 2 is 1.92 bits per heavy atom. The third-order valence-electron chi connectivity index (χ3n) is 3.32. The lowest BCUT2D eigenvalue weighted by Crippen LogP contribution is -2.31. The molecule has 2 aromatic rings. The summed E-state index contributed by atoms with van der Waals surface area (Å²) in [6.45, 7) is 1.36. The second kappa shape index (κ2) is 8.04. The van der Waals surface area contributed by atoms with Crippen molar-refractivity contribution in [1.82, 2.24) is 5.32 Å². The molecule has 0 aliphatic heterocycles. The third kappa shape index (κ3) is 4.63. The van der Waals surface area contributed by atoms with Gasteiger partial charge in [0, 0.05) is 15.7 Å². The summed E-state index contributed by atoms with van der Waals surface area (Å²) in [4.78, 5) is 23.9. The lowest BCUT2D eigenvalue weighted by Gasteiger charge is -2.15. The molecule has 0 heterocycles. The van der Waals surface area contributed by atoms with Gasteiger partial charge in [0.05, 0.1) is 11.6 Å². The predicted molar refractivity (Wildman–Crippen MR) is 94.2 cm³/mol. The Morgan fingerprint density at radius 3 is 2.62 bits per heavy atom. The fourth-order valence-electron chi connectivity index (χ4n) is 2.10. The summed E-state index contributed by atoms with van der Waals surface area (Å²) >= 11 is 11.9. The molecule has 0 saturated carbocycles. The van der Waals surface area contributed by atoms with Crippen LogP contribution in [-0.4, -0.2) is 18.5 Å². The molecule has 0 saturated heterocycles. The Morgan fingerprint density at radius 1 is 1.21 bits per heavy atom. The number of anilines is 1. The Labute approximate surface area is 149 Å². The fraction of sp³-hybridized carbons (Fsp3) is 0.176. The summed E-state index contributed by atoms with van der Waals surface area (Å²) in [6, 6.07) is 11.3. The van der Waals surface area contributed by atoms with Crippen LogP contribution in [0, 0.1) is 0 Å². The van der Waals surface area contributed by atoms with Crippen molar-refractivity contribution in [3.8, 4) is 0 Å². The summed E-state index contributed by atoms with van der Waals surface area (Å²) in [5, 5.41) is 3.62. The first-order valence-electron chi connectivity index (χ1n) is 7.14. The van der Waals surface area contributed by atoms with Crippen LogP contribution in [0.2, 0.25) is 10.0 Å². The maximum atomic E-state index is 12.0. The molecular formula is C17H16Cl2N2O3. The molecule has 0 fully saturated rings. The van der Waals surface area contributed by atoms with E-state index in [-0.39, 0.29) is 17.3 Å². The minimum atomic E-state index is -0.712.